The summed E-state index contributed by atoms with van der Waals surface area (Å²) >= 11 is 8.00. The summed E-state index contributed by atoms with van der Waals surface area (Å²) in [5.41, 5.74) is 0.621. The number of aromatic hydroxyl groups is 1. The van der Waals surface area contributed by atoms with Crippen LogP contribution in [-0.4, -0.2) is 26.0 Å². The van der Waals surface area contributed by atoms with E-state index < -0.39 is 0 Å². The molecule has 3 rings (SSSR count). The van der Waals surface area contributed by atoms with Crippen LogP contribution in [-0.2, 0) is 0 Å². The lowest BCUT2D eigenvalue weighted by Crippen LogP contribution is -2.02. The molecule has 0 aromatic carbocycles. The fraction of sp³-hybridized carbons (Fsp3) is 0.364. The highest BCUT2D eigenvalue weighted by Gasteiger charge is 2.24. The lowest BCUT2D eigenvalue weighted by molar-refractivity contribution is 0.478. The summed E-state index contributed by atoms with van der Waals surface area (Å²) in [6, 6.07) is 3.45. The average molecular weight is 255 g/mol. The molecule has 1 saturated heterocycles. The highest BCUT2D eigenvalue weighted by Crippen LogP contribution is 2.35. The second-order valence-corrected chi connectivity index (χ2v) is 5.44. The van der Waals surface area contributed by atoms with Crippen LogP contribution in [0.3, 0.4) is 0 Å². The van der Waals surface area contributed by atoms with Crippen LogP contribution >= 0.6 is 23.4 Å². The first-order valence-corrected chi connectivity index (χ1v) is 6.74. The Bertz CT molecular complexity index is 534. The fourth-order valence-corrected chi connectivity index (χ4v) is 3.62. The monoisotopic (exact) mass is 254 g/mol. The Balaban J connectivity index is 2.22. The van der Waals surface area contributed by atoms with Gasteiger partial charge in [-0.15, -0.1) is 0 Å². The van der Waals surface area contributed by atoms with Crippen molar-refractivity contribution >= 4 is 28.9 Å². The van der Waals surface area contributed by atoms with E-state index in [9.17, 15) is 5.11 Å². The molecule has 5 heteroatoms. The van der Waals surface area contributed by atoms with Crippen LogP contribution < -0.4 is 0 Å². The third-order valence-electron chi connectivity index (χ3n) is 2.92. The van der Waals surface area contributed by atoms with Gasteiger partial charge in [-0.05, 0) is 24.3 Å². The third kappa shape index (κ3) is 1.48. The van der Waals surface area contributed by atoms with E-state index in [4.69, 9.17) is 11.6 Å². The molecule has 2 aromatic rings. The Morgan fingerprint density at radius 1 is 1.56 bits per heavy atom. The summed E-state index contributed by atoms with van der Waals surface area (Å²) in [6.45, 7) is 0. The predicted molar refractivity (Wildman–Crippen MR) is 66.5 cm³/mol. The van der Waals surface area contributed by atoms with Crippen LogP contribution in [0.4, 0.5) is 0 Å². The number of hydrogen-bond acceptors (Lipinski definition) is 3. The van der Waals surface area contributed by atoms with E-state index in [0.717, 1.165) is 18.0 Å². The third-order valence-corrected chi connectivity index (χ3v) is 4.35. The van der Waals surface area contributed by atoms with Crippen molar-refractivity contribution in [3.8, 4) is 5.75 Å². The van der Waals surface area contributed by atoms with E-state index in [1.165, 1.54) is 5.75 Å². The maximum absolute atomic E-state index is 9.76. The van der Waals surface area contributed by atoms with Crippen LogP contribution in [0.25, 0.3) is 5.52 Å². The van der Waals surface area contributed by atoms with Crippen LogP contribution in [0, 0.1) is 0 Å². The van der Waals surface area contributed by atoms with E-state index >= 15 is 0 Å². The van der Waals surface area contributed by atoms with E-state index in [2.05, 4.69) is 4.98 Å². The molecule has 0 amide bonds. The summed E-state index contributed by atoms with van der Waals surface area (Å²) < 4.78 is 1.91. The van der Waals surface area contributed by atoms with Crippen molar-refractivity contribution in [2.75, 3.05) is 11.5 Å². The molecule has 0 radical (unpaired) electrons. The standard InChI is InChI=1S/C11H11ClN2OS/c12-10-9-8(15)2-1-4-14(9)11(13-10)7-3-5-16-6-7/h1-2,4,7,15H,3,5-6H2. The Labute approximate surface area is 102 Å². The van der Waals surface area contributed by atoms with Crippen molar-refractivity contribution in [3.05, 3.63) is 29.3 Å². The maximum Gasteiger partial charge on any atom is 0.158 e. The Hall–Kier alpha value is -0.870. The van der Waals surface area contributed by atoms with Gasteiger partial charge in [0.15, 0.2) is 5.15 Å². The van der Waals surface area contributed by atoms with Crippen molar-refractivity contribution < 1.29 is 5.11 Å². The molecule has 1 N–H and O–H groups in total. The number of halogens is 1. The number of pyridine rings is 1. The van der Waals surface area contributed by atoms with Crippen molar-refractivity contribution in [1.29, 1.82) is 0 Å². The minimum atomic E-state index is 0.192. The van der Waals surface area contributed by atoms with Gasteiger partial charge >= 0.3 is 0 Å². The zero-order valence-electron chi connectivity index (χ0n) is 8.56. The Kier molecular flexibility index (Phi) is 2.48. The summed E-state index contributed by atoms with van der Waals surface area (Å²) in [5, 5.41) is 10.2. The van der Waals surface area contributed by atoms with E-state index in [1.54, 1.807) is 6.07 Å². The summed E-state index contributed by atoms with van der Waals surface area (Å²) in [7, 11) is 0. The summed E-state index contributed by atoms with van der Waals surface area (Å²) in [4.78, 5) is 4.39. The van der Waals surface area contributed by atoms with Gasteiger partial charge in [-0.25, -0.2) is 4.98 Å². The van der Waals surface area contributed by atoms with E-state index in [0.29, 0.717) is 16.6 Å². The second-order valence-electron chi connectivity index (χ2n) is 3.93. The van der Waals surface area contributed by atoms with Gasteiger partial charge < -0.3 is 5.11 Å². The second kappa shape index (κ2) is 3.86. The van der Waals surface area contributed by atoms with Gasteiger partial charge in [0.25, 0.3) is 0 Å². The molecule has 1 atom stereocenters. The Morgan fingerprint density at radius 3 is 3.19 bits per heavy atom. The lowest BCUT2D eigenvalue weighted by atomic mass is 10.1. The van der Waals surface area contributed by atoms with Crippen LogP contribution in [0.1, 0.15) is 18.2 Å². The van der Waals surface area contributed by atoms with Gasteiger partial charge in [0, 0.05) is 17.9 Å². The van der Waals surface area contributed by atoms with Crippen LogP contribution in [0.15, 0.2) is 18.3 Å². The number of aromatic nitrogens is 2. The summed E-state index contributed by atoms with van der Waals surface area (Å²) in [5.74, 6) is 3.88. The van der Waals surface area contributed by atoms with Crippen LogP contribution in [0.2, 0.25) is 5.15 Å². The Morgan fingerprint density at radius 2 is 2.44 bits per heavy atom. The molecule has 1 unspecified atom stereocenters. The smallest absolute Gasteiger partial charge is 0.158 e. The summed E-state index contributed by atoms with van der Waals surface area (Å²) in [6.07, 6.45) is 3.04. The molecule has 16 heavy (non-hydrogen) atoms. The van der Waals surface area contributed by atoms with E-state index in [-0.39, 0.29) is 5.75 Å². The molecule has 0 spiro atoms. The molecule has 0 bridgehead atoms. The van der Waals surface area contributed by atoms with Gasteiger partial charge in [-0.2, -0.15) is 11.8 Å². The molecule has 1 fully saturated rings. The van der Waals surface area contributed by atoms with Crippen molar-refractivity contribution in [3.63, 3.8) is 0 Å². The SMILES string of the molecule is Oc1cccn2c(C3CCSC3)nc(Cl)c12. The molecule has 2 aromatic heterocycles. The largest absolute Gasteiger partial charge is 0.506 e. The van der Waals surface area contributed by atoms with Gasteiger partial charge in [0.2, 0.25) is 0 Å². The predicted octanol–water partition coefficient (Wildman–Crippen LogP) is 2.91. The number of hydrogen-bond donors (Lipinski definition) is 1. The topological polar surface area (TPSA) is 37.5 Å². The molecule has 0 aliphatic carbocycles. The minimum Gasteiger partial charge on any atom is -0.506 e. The number of fused-ring (bicyclic) bond motifs is 1. The van der Waals surface area contributed by atoms with Gasteiger partial charge in [0.05, 0.1) is 0 Å². The molecule has 3 nitrogen and oxygen atoms in total. The zero-order chi connectivity index (χ0) is 11.1. The molecule has 3 heterocycles. The fourth-order valence-electron chi connectivity index (χ4n) is 2.13. The first-order chi connectivity index (χ1) is 7.77. The number of imidazole rings is 1. The first-order valence-electron chi connectivity index (χ1n) is 5.20. The van der Waals surface area contributed by atoms with Gasteiger partial charge in [0.1, 0.15) is 17.1 Å². The molecule has 0 saturated carbocycles. The highest BCUT2D eigenvalue weighted by atomic mass is 35.5. The zero-order valence-corrected chi connectivity index (χ0v) is 10.1. The number of nitrogens with zero attached hydrogens (tertiary/aromatic N) is 2. The molecule has 1 aliphatic rings. The molecular formula is C11H11ClN2OS. The number of thioether (sulfide) groups is 1. The molecular weight excluding hydrogens is 244 g/mol. The molecule has 84 valence electrons. The van der Waals surface area contributed by atoms with Crippen LogP contribution in [0.5, 0.6) is 5.75 Å². The van der Waals surface area contributed by atoms with Gasteiger partial charge in [-0.1, -0.05) is 11.6 Å². The van der Waals surface area contributed by atoms with Crippen molar-refractivity contribution in [2.45, 2.75) is 12.3 Å². The average Bonchev–Trinajstić information content (AvgIpc) is 2.86. The minimum absolute atomic E-state index is 0.192. The van der Waals surface area contributed by atoms with E-state index in [1.807, 2.05) is 28.4 Å². The quantitative estimate of drug-likeness (QED) is 0.850. The maximum atomic E-state index is 9.76. The number of rotatable bonds is 1. The normalized spacial score (nSPS) is 20.7. The lowest BCUT2D eigenvalue weighted by Gasteiger charge is -2.06. The van der Waals surface area contributed by atoms with Crippen molar-refractivity contribution in [1.82, 2.24) is 9.38 Å². The first kappa shape index (κ1) is 10.3. The highest BCUT2D eigenvalue weighted by molar-refractivity contribution is 7.99. The van der Waals surface area contributed by atoms with Gasteiger partial charge in [-0.3, -0.25) is 4.40 Å². The van der Waals surface area contributed by atoms with Crippen molar-refractivity contribution in [2.24, 2.45) is 0 Å². The molecule has 1 aliphatic heterocycles.